The van der Waals surface area contributed by atoms with Gasteiger partial charge in [0.05, 0.1) is 5.56 Å². The maximum absolute atomic E-state index is 13.5. The van der Waals surface area contributed by atoms with E-state index in [0.29, 0.717) is 12.5 Å². The smallest absolute Gasteiger partial charge is 0.326 e. The first-order chi connectivity index (χ1) is 8.91. The standard InChI is InChI=1S/C12H10F3NO3/c13-7-5-9(15)8(14)4-6(7)11(17)16-3-1-2-10(16)12(18)19/h4-5,10H,1-3H2,(H,18,19)/t10-/m1/s1. The predicted octanol–water partition coefficient (Wildman–Crippen LogP) is 1.79. The molecule has 1 atom stereocenters. The molecule has 1 heterocycles. The molecular weight excluding hydrogens is 263 g/mol. The van der Waals surface area contributed by atoms with Gasteiger partial charge in [0, 0.05) is 12.6 Å². The average molecular weight is 273 g/mol. The Balaban J connectivity index is 2.34. The van der Waals surface area contributed by atoms with Gasteiger partial charge in [-0.3, -0.25) is 4.79 Å². The summed E-state index contributed by atoms with van der Waals surface area (Å²) < 4.78 is 39.3. The second-order valence-electron chi connectivity index (χ2n) is 4.24. The van der Waals surface area contributed by atoms with Crippen LogP contribution in [0, 0.1) is 17.5 Å². The van der Waals surface area contributed by atoms with Gasteiger partial charge in [0.2, 0.25) is 0 Å². The highest BCUT2D eigenvalue weighted by atomic mass is 19.2. The number of carbonyl (C=O) groups excluding carboxylic acids is 1. The van der Waals surface area contributed by atoms with E-state index in [9.17, 15) is 22.8 Å². The highest BCUT2D eigenvalue weighted by Crippen LogP contribution is 2.22. The van der Waals surface area contributed by atoms with Crippen molar-refractivity contribution >= 4 is 11.9 Å². The number of hydrogen-bond acceptors (Lipinski definition) is 2. The summed E-state index contributed by atoms with van der Waals surface area (Å²) in [6, 6.07) is -0.335. The molecule has 0 unspecified atom stereocenters. The molecule has 2 rings (SSSR count). The van der Waals surface area contributed by atoms with Crippen molar-refractivity contribution in [1.29, 1.82) is 0 Å². The fourth-order valence-corrected chi connectivity index (χ4v) is 2.11. The molecule has 1 aromatic carbocycles. The Hall–Kier alpha value is -2.05. The zero-order valence-corrected chi connectivity index (χ0v) is 9.70. The van der Waals surface area contributed by atoms with Crippen molar-refractivity contribution in [2.24, 2.45) is 0 Å². The number of aliphatic carboxylic acids is 1. The lowest BCUT2D eigenvalue weighted by molar-refractivity contribution is -0.141. The molecule has 0 bridgehead atoms. The van der Waals surface area contributed by atoms with Crippen LogP contribution in [0.1, 0.15) is 23.2 Å². The molecule has 1 amide bonds. The Morgan fingerprint density at radius 2 is 1.79 bits per heavy atom. The number of likely N-dealkylation sites (tertiary alicyclic amines) is 1. The summed E-state index contributed by atoms with van der Waals surface area (Å²) >= 11 is 0. The van der Waals surface area contributed by atoms with Crippen molar-refractivity contribution < 1.29 is 27.9 Å². The summed E-state index contributed by atoms with van der Waals surface area (Å²) in [5, 5.41) is 8.93. The van der Waals surface area contributed by atoms with Crippen molar-refractivity contribution in [3.8, 4) is 0 Å². The first-order valence-electron chi connectivity index (χ1n) is 5.60. The molecule has 1 aliphatic rings. The second-order valence-corrected chi connectivity index (χ2v) is 4.24. The zero-order valence-electron chi connectivity index (χ0n) is 9.70. The van der Waals surface area contributed by atoms with Crippen LogP contribution >= 0.6 is 0 Å². The Kier molecular flexibility index (Phi) is 3.46. The molecule has 1 aliphatic heterocycles. The Labute approximate surface area is 106 Å². The first-order valence-corrected chi connectivity index (χ1v) is 5.60. The molecule has 0 aliphatic carbocycles. The summed E-state index contributed by atoms with van der Waals surface area (Å²) in [4.78, 5) is 23.9. The second kappa shape index (κ2) is 4.91. The van der Waals surface area contributed by atoms with Crippen LogP contribution < -0.4 is 0 Å². The van der Waals surface area contributed by atoms with Crippen molar-refractivity contribution in [1.82, 2.24) is 4.90 Å². The Morgan fingerprint density at radius 3 is 2.42 bits per heavy atom. The van der Waals surface area contributed by atoms with Crippen LogP contribution in [0.25, 0.3) is 0 Å². The van der Waals surface area contributed by atoms with Gasteiger partial charge in [-0.05, 0) is 18.9 Å². The van der Waals surface area contributed by atoms with Gasteiger partial charge in [0.15, 0.2) is 11.6 Å². The van der Waals surface area contributed by atoms with Crippen LogP contribution in [0.15, 0.2) is 12.1 Å². The van der Waals surface area contributed by atoms with Crippen LogP contribution in [0.4, 0.5) is 13.2 Å². The number of benzene rings is 1. The number of carboxylic acids is 1. The lowest BCUT2D eigenvalue weighted by atomic mass is 10.1. The number of nitrogens with zero attached hydrogens (tertiary/aromatic N) is 1. The van der Waals surface area contributed by atoms with Gasteiger partial charge >= 0.3 is 5.97 Å². The number of amides is 1. The van der Waals surface area contributed by atoms with Crippen LogP contribution in [-0.4, -0.2) is 34.5 Å². The largest absolute Gasteiger partial charge is 0.480 e. The average Bonchev–Trinajstić information content (AvgIpc) is 2.82. The van der Waals surface area contributed by atoms with Gasteiger partial charge in [0.1, 0.15) is 11.9 Å². The first kappa shape index (κ1) is 13.4. The van der Waals surface area contributed by atoms with Gasteiger partial charge in [0.25, 0.3) is 5.91 Å². The SMILES string of the molecule is O=C(O)[C@H]1CCCN1C(=O)c1cc(F)c(F)cc1F. The monoisotopic (exact) mass is 273 g/mol. The molecule has 1 saturated heterocycles. The number of halogens is 3. The van der Waals surface area contributed by atoms with Gasteiger partial charge in [-0.25, -0.2) is 18.0 Å². The number of carbonyl (C=O) groups is 2. The van der Waals surface area contributed by atoms with E-state index in [2.05, 4.69) is 0 Å². The van der Waals surface area contributed by atoms with E-state index in [0.717, 1.165) is 4.90 Å². The summed E-state index contributed by atoms with van der Waals surface area (Å²) in [7, 11) is 0. The Morgan fingerprint density at radius 1 is 1.16 bits per heavy atom. The van der Waals surface area contributed by atoms with Crippen molar-refractivity contribution in [3.63, 3.8) is 0 Å². The van der Waals surface area contributed by atoms with Crippen LogP contribution in [-0.2, 0) is 4.79 Å². The highest BCUT2D eigenvalue weighted by molar-refractivity contribution is 5.97. The number of rotatable bonds is 2. The molecule has 102 valence electrons. The molecule has 1 aromatic rings. The molecular formula is C12H10F3NO3. The lowest BCUT2D eigenvalue weighted by Crippen LogP contribution is -2.40. The maximum atomic E-state index is 13.5. The van der Waals surface area contributed by atoms with Crippen molar-refractivity contribution in [2.45, 2.75) is 18.9 Å². The van der Waals surface area contributed by atoms with E-state index in [1.165, 1.54) is 0 Å². The minimum absolute atomic E-state index is 0.147. The summed E-state index contributed by atoms with van der Waals surface area (Å²) in [5.41, 5.74) is -0.660. The van der Waals surface area contributed by atoms with E-state index in [1.807, 2.05) is 0 Å². The summed E-state index contributed by atoms with van der Waals surface area (Å²) in [6.45, 7) is 0.147. The minimum Gasteiger partial charge on any atom is -0.480 e. The van der Waals surface area contributed by atoms with E-state index in [-0.39, 0.29) is 19.0 Å². The molecule has 0 aromatic heterocycles. The topological polar surface area (TPSA) is 57.6 Å². The minimum atomic E-state index is -1.40. The molecule has 1 fully saturated rings. The Bertz CT molecular complexity index is 547. The molecule has 19 heavy (non-hydrogen) atoms. The molecule has 0 spiro atoms. The molecule has 0 saturated carbocycles. The third-order valence-corrected chi connectivity index (χ3v) is 3.04. The molecule has 0 radical (unpaired) electrons. The molecule has 1 N–H and O–H groups in total. The zero-order chi connectivity index (χ0) is 14.2. The third kappa shape index (κ3) is 2.40. The van der Waals surface area contributed by atoms with E-state index >= 15 is 0 Å². The van der Waals surface area contributed by atoms with E-state index in [1.54, 1.807) is 0 Å². The summed E-state index contributed by atoms with van der Waals surface area (Å²) in [6.07, 6.45) is 0.723. The maximum Gasteiger partial charge on any atom is 0.326 e. The van der Waals surface area contributed by atoms with E-state index in [4.69, 9.17) is 5.11 Å². The highest BCUT2D eigenvalue weighted by Gasteiger charge is 2.35. The fraction of sp³-hybridized carbons (Fsp3) is 0.333. The van der Waals surface area contributed by atoms with Gasteiger partial charge < -0.3 is 10.0 Å². The predicted molar refractivity (Wildman–Crippen MR) is 58.0 cm³/mol. The van der Waals surface area contributed by atoms with Gasteiger partial charge in [-0.15, -0.1) is 0 Å². The van der Waals surface area contributed by atoms with Gasteiger partial charge in [-0.1, -0.05) is 0 Å². The lowest BCUT2D eigenvalue weighted by Gasteiger charge is -2.21. The van der Waals surface area contributed by atoms with E-state index < -0.39 is 40.9 Å². The van der Waals surface area contributed by atoms with Crippen LogP contribution in [0.3, 0.4) is 0 Å². The summed E-state index contributed by atoms with van der Waals surface area (Å²) in [5.74, 6) is -6.10. The quantitative estimate of drug-likeness (QED) is 0.836. The van der Waals surface area contributed by atoms with Gasteiger partial charge in [-0.2, -0.15) is 0 Å². The van der Waals surface area contributed by atoms with Crippen molar-refractivity contribution in [3.05, 3.63) is 35.1 Å². The number of carboxylic acid groups (broad SMARTS) is 1. The molecule has 4 nitrogen and oxygen atoms in total. The fourth-order valence-electron chi connectivity index (χ4n) is 2.11. The van der Waals surface area contributed by atoms with Crippen LogP contribution in [0.5, 0.6) is 0 Å². The molecule has 7 heteroatoms. The number of hydrogen-bond donors (Lipinski definition) is 1. The normalized spacial score (nSPS) is 18.7. The van der Waals surface area contributed by atoms with Crippen LogP contribution in [0.2, 0.25) is 0 Å². The third-order valence-electron chi connectivity index (χ3n) is 3.04. The van der Waals surface area contributed by atoms with Crippen molar-refractivity contribution in [2.75, 3.05) is 6.54 Å².